The molecule has 0 bridgehead atoms. The van der Waals surface area contributed by atoms with Crippen LogP contribution in [-0.2, 0) is 4.79 Å². The zero-order valence-corrected chi connectivity index (χ0v) is 6.68. The van der Waals surface area contributed by atoms with Gasteiger partial charge in [0.1, 0.15) is 0 Å². The maximum atomic E-state index is 12.4. The summed E-state index contributed by atoms with van der Waals surface area (Å²) in [6.07, 6.45) is -7.29. The molecule has 0 heterocycles. The highest BCUT2D eigenvalue weighted by atomic mass is 19.4. The number of carboxylic acid groups (broad SMARTS) is 1. The molecule has 84 valence electrons. The highest BCUT2D eigenvalue weighted by molar-refractivity contribution is 5.67. The fraction of sp³-hybridized carbons (Fsp3) is 0.833. The number of carboxylic acids is 1. The van der Waals surface area contributed by atoms with E-state index in [1.165, 1.54) is 0 Å². The third kappa shape index (κ3) is 2.79. The fourth-order valence-electron chi connectivity index (χ4n) is 0.750. The van der Waals surface area contributed by atoms with Gasteiger partial charge < -0.3 is 10.2 Å². The number of alkyl halides is 5. The minimum absolute atomic E-state index is 1.44. The Kier molecular flexibility index (Phi) is 3.81. The molecular weight excluding hydrogens is 215 g/mol. The summed E-state index contributed by atoms with van der Waals surface area (Å²) in [5, 5.41) is 16.3. The quantitative estimate of drug-likeness (QED) is 0.704. The van der Waals surface area contributed by atoms with Gasteiger partial charge in [0.25, 0.3) is 0 Å². The highest BCUT2D eigenvalue weighted by Gasteiger charge is 2.62. The summed E-state index contributed by atoms with van der Waals surface area (Å²) in [7, 11) is 0. The van der Waals surface area contributed by atoms with E-state index < -0.39 is 37.0 Å². The number of aliphatic hydroxyl groups is 1. The minimum atomic E-state index is -5.85. The van der Waals surface area contributed by atoms with Gasteiger partial charge in [-0.2, -0.15) is 22.0 Å². The van der Waals surface area contributed by atoms with E-state index in [1.807, 2.05) is 0 Å². The first kappa shape index (κ1) is 13.1. The van der Waals surface area contributed by atoms with E-state index in [9.17, 15) is 26.7 Å². The van der Waals surface area contributed by atoms with Crippen molar-refractivity contribution in [2.45, 2.75) is 18.5 Å². The number of aliphatic carboxylic acids is 1. The van der Waals surface area contributed by atoms with Crippen LogP contribution in [0.15, 0.2) is 0 Å². The standard InChI is InChI=1S/C6H7F5O3/c7-5(8,6(9,10)11)3(2-12)1-4(13)14/h3,12H,1-2H2,(H,13,14). The maximum Gasteiger partial charge on any atom is 0.453 e. The lowest BCUT2D eigenvalue weighted by Gasteiger charge is -2.25. The van der Waals surface area contributed by atoms with Gasteiger partial charge in [0.15, 0.2) is 0 Å². The monoisotopic (exact) mass is 222 g/mol. The molecule has 0 amide bonds. The summed E-state index contributed by atoms with van der Waals surface area (Å²) in [5.74, 6) is -9.67. The Morgan fingerprint density at radius 2 is 1.64 bits per heavy atom. The van der Waals surface area contributed by atoms with E-state index in [4.69, 9.17) is 10.2 Å². The molecule has 0 radical (unpaired) electrons. The van der Waals surface area contributed by atoms with Crippen molar-refractivity contribution in [2.24, 2.45) is 5.92 Å². The SMILES string of the molecule is O=C(O)CC(CO)C(F)(F)C(F)(F)F. The first-order valence-electron chi connectivity index (χ1n) is 3.40. The predicted molar refractivity (Wildman–Crippen MR) is 33.8 cm³/mol. The molecule has 0 aromatic rings. The first-order chi connectivity index (χ1) is 6.13. The van der Waals surface area contributed by atoms with Crippen molar-refractivity contribution in [3.8, 4) is 0 Å². The van der Waals surface area contributed by atoms with Crippen LogP contribution in [0.1, 0.15) is 6.42 Å². The summed E-state index contributed by atoms with van der Waals surface area (Å²) in [6.45, 7) is -1.54. The molecule has 8 heteroatoms. The lowest BCUT2D eigenvalue weighted by molar-refractivity contribution is -0.306. The van der Waals surface area contributed by atoms with Gasteiger partial charge in [-0.15, -0.1) is 0 Å². The lowest BCUT2D eigenvalue weighted by atomic mass is 9.98. The molecule has 0 fully saturated rings. The molecule has 0 spiro atoms. The van der Waals surface area contributed by atoms with Gasteiger partial charge in [-0.1, -0.05) is 0 Å². The number of rotatable bonds is 4. The van der Waals surface area contributed by atoms with Crippen molar-refractivity contribution >= 4 is 5.97 Å². The van der Waals surface area contributed by atoms with Crippen LogP contribution in [0, 0.1) is 5.92 Å². The molecular formula is C6H7F5O3. The van der Waals surface area contributed by atoms with Gasteiger partial charge in [-0.3, -0.25) is 4.79 Å². The summed E-state index contributed by atoms with van der Waals surface area (Å²) < 4.78 is 59.8. The average Bonchev–Trinajstić information content (AvgIpc) is 1.97. The van der Waals surface area contributed by atoms with E-state index >= 15 is 0 Å². The molecule has 14 heavy (non-hydrogen) atoms. The number of hydrogen-bond donors (Lipinski definition) is 2. The second-order valence-electron chi connectivity index (χ2n) is 2.60. The molecule has 2 N–H and O–H groups in total. The molecule has 0 aliphatic heterocycles. The number of aliphatic hydroxyl groups excluding tert-OH is 1. The van der Waals surface area contributed by atoms with Crippen molar-refractivity contribution in [3.05, 3.63) is 0 Å². The van der Waals surface area contributed by atoms with Crippen LogP contribution in [0.5, 0.6) is 0 Å². The fourth-order valence-corrected chi connectivity index (χ4v) is 0.750. The molecule has 0 aromatic carbocycles. The third-order valence-corrected chi connectivity index (χ3v) is 1.53. The van der Waals surface area contributed by atoms with Crippen LogP contribution in [0.25, 0.3) is 0 Å². The smallest absolute Gasteiger partial charge is 0.453 e. The van der Waals surface area contributed by atoms with E-state index in [1.54, 1.807) is 0 Å². The molecule has 3 nitrogen and oxygen atoms in total. The summed E-state index contributed by atoms with van der Waals surface area (Å²) >= 11 is 0. The van der Waals surface area contributed by atoms with Gasteiger partial charge in [0.05, 0.1) is 18.9 Å². The molecule has 0 aliphatic rings. The van der Waals surface area contributed by atoms with E-state index in [-0.39, 0.29) is 0 Å². The minimum Gasteiger partial charge on any atom is -0.481 e. The van der Waals surface area contributed by atoms with Crippen LogP contribution >= 0.6 is 0 Å². The van der Waals surface area contributed by atoms with Crippen LogP contribution in [0.4, 0.5) is 22.0 Å². The summed E-state index contributed by atoms with van der Waals surface area (Å²) in [6, 6.07) is 0. The maximum absolute atomic E-state index is 12.4. The largest absolute Gasteiger partial charge is 0.481 e. The highest BCUT2D eigenvalue weighted by Crippen LogP contribution is 2.42. The Morgan fingerprint density at radius 3 is 1.86 bits per heavy atom. The van der Waals surface area contributed by atoms with Crippen LogP contribution in [0.3, 0.4) is 0 Å². The van der Waals surface area contributed by atoms with Gasteiger partial charge in [-0.25, -0.2) is 0 Å². The molecule has 0 aromatic heterocycles. The van der Waals surface area contributed by atoms with E-state index in [0.717, 1.165) is 0 Å². The number of carbonyl (C=O) groups is 1. The molecule has 0 rings (SSSR count). The van der Waals surface area contributed by atoms with Crippen molar-refractivity contribution in [2.75, 3.05) is 6.61 Å². The normalized spacial score (nSPS) is 15.3. The predicted octanol–water partition coefficient (Wildman–Crippen LogP) is 1.27. The summed E-state index contributed by atoms with van der Waals surface area (Å²) in [4.78, 5) is 9.93. The Balaban J connectivity index is 4.74. The zero-order chi connectivity index (χ0) is 11.6. The van der Waals surface area contributed by atoms with Crippen molar-refractivity contribution < 1.29 is 37.0 Å². The Bertz CT molecular complexity index is 212. The van der Waals surface area contributed by atoms with Crippen LogP contribution in [-0.4, -0.2) is 34.9 Å². The Hall–Kier alpha value is -0.920. The van der Waals surface area contributed by atoms with Crippen molar-refractivity contribution in [1.82, 2.24) is 0 Å². The van der Waals surface area contributed by atoms with Gasteiger partial charge in [0, 0.05) is 0 Å². The van der Waals surface area contributed by atoms with Gasteiger partial charge in [0.2, 0.25) is 0 Å². The molecule has 1 atom stereocenters. The zero-order valence-electron chi connectivity index (χ0n) is 6.68. The summed E-state index contributed by atoms with van der Waals surface area (Å²) in [5.41, 5.74) is 0. The molecule has 0 saturated carbocycles. The second-order valence-corrected chi connectivity index (χ2v) is 2.60. The first-order valence-corrected chi connectivity index (χ1v) is 3.40. The molecule has 1 unspecified atom stereocenters. The van der Waals surface area contributed by atoms with Crippen molar-refractivity contribution in [3.63, 3.8) is 0 Å². The van der Waals surface area contributed by atoms with Gasteiger partial charge >= 0.3 is 18.1 Å². The van der Waals surface area contributed by atoms with Crippen LogP contribution in [0.2, 0.25) is 0 Å². The van der Waals surface area contributed by atoms with Crippen molar-refractivity contribution in [1.29, 1.82) is 0 Å². The van der Waals surface area contributed by atoms with Gasteiger partial charge in [-0.05, 0) is 0 Å². The molecule has 0 aliphatic carbocycles. The van der Waals surface area contributed by atoms with E-state index in [2.05, 4.69) is 0 Å². The second kappa shape index (κ2) is 4.07. The number of halogens is 5. The Labute approximate surface area is 75.1 Å². The lowest BCUT2D eigenvalue weighted by Crippen LogP contribution is -2.45. The third-order valence-electron chi connectivity index (χ3n) is 1.53. The number of hydrogen-bond acceptors (Lipinski definition) is 2. The topological polar surface area (TPSA) is 57.5 Å². The van der Waals surface area contributed by atoms with E-state index in [0.29, 0.717) is 0 Å². The Morgan fingerprint density at radius 1 is 1.21 bits per heavy atom. The molecule has 0 saturated heterocycles. The average molecular weight is 222 g/mol. The van der Waals surface area contributed by atoms with Crippen LogP contribution < -0.4 is 0 Å².